The third-order valence-electron chi connectivity index (χ3n) is 2.64. The monoisotopic (exact) mass is 329 g/mol. The molecule has 0 spiro atoms. The molecule has 5 heteroatoms. The summed E-state index contributed by atoms with van der Waals surface area (Å²) in [5.74, 6) is 1.48. The van der Waals surface area contributed by atoms with Crippen molar-refractivity contribution in [2.45, 2.75) is 12.5 Å². The van der Waals surface area contributed by atoms with Crippen molar-refractivity contribution in [1.29, 1.82) is 0 Å². The standard InChI is InChI=1S/C13H13BrClNO2/c1-17-11-3-2-9(14)6-8(11)7-10(16)12-4-5-13(15)18-12/h2-6,10H,7,16H2,1H3. The first-order valence-electron chi connectivity index (χ1n) is 5.43. The summed E-state index contributed by atoms with van der Waals surface area (Å²) in [6.45, 7) is 0. The van der Waals surface area contributed by atoms with Crippen molar-refractivity contribution in [2.75, 3.05) is 7.11 Å². The molecule has 18 heavy (non-hydrogen) atoms. The molecular weight excluding hydrogens is 318 g/mol. The van der Waals surface area contributed by atoms with Gasteiger partial charge in [0, 0.05) is 4.47 Å². The number of hydrogen-bond donors (Lipinski definition) is 1. The molecule has 2 N–H and O–H groups in total. The minimum absolute atomic E-state index is 0.249. The van der Waals surface area contributed by atoms with Crippen LogP contribution in [0.25, 0.3) is 0 Å². The van der Waals surface area contributed by atoms with Crippen molar-refractivity contribution >= 4 is 27.5 Å². The van der Waals surface area contributed by atoms with Gasteiger partial charge in [0.2, 0.25) is 0 Å². The van der Waals surface area contributed by atoms with Crippen LogP contribution in [0.4, 0.5) is 0 Å². The van der Waals surface area contributed by atoms with Crippen molar-refractivity contribution in [2.24, 2.45) is 5.73 Å². The number of hydrogen-bond acceptors (Lipinski definition) is 3. The zero-order chi connectivity index (χ0) is 13.1. The maximum Gasteiger partial charge on any atom is 0.193 e. The summed E-state index contributed by atoms with van der Waals surface area (Å²) in [6.07, 6.45) is 0.618. The van der Waals surface area contributed by atoms with E-state index in [1.54, 1.807) is 19.2 Å². The van der Waals surface area contributed by atoms with E-state index in [1.807, 2.05) is 18.2 Å². The first-order chi connectivity index (χ1) is 8.60. The maximum atomic E-state index is 6.09. The van der Waals surface area contributed by atoms with Gasteiger partial charge in [0.25, 0.3) is 0 Å². The van der Waals surface area contributed by atoms with Gasteiger partial charge in [-0.05, 0) is 53.9 Å². The number of rotatable bonds is 4. The zero-order valence-corrected chi connectivity index (χ0v) is 12.2. The van der Waals surface area contributed by atoms with Crippen LogP contribution < -0.4 is 10.5 Å². The van der Waals surface area contributed by atoms with Gasteiger partial charge >= 0.3 is 0 Å². The number of nitrogens with two attached hydrogens (primary N) is 1. The molecule has 0 saturated heterocycles. The highest BCUT2D eigenvalue weighted by atomic mass is 79.9. The lowest BCUT2D eigenvalue weighted by atomic mass is 10.0. The number of methoxy groups -OCH3 is 1. The Morgan fingerprint density at radius 2 is 2.17 bits per heavy atom. The van der Waals surface area contributed by atoms with Gasteiger partial charge in [0.1, 0.15) is 11.5 Å². The fourth-order valence-electron chi connectivity index (χ4n) is 1.77. The van der Waals surface area contributed by atoms with Crippen LogP contribution in [0.1, 0.15) is 17.4 Å². The van der Waals surface area contributed by atoms with Crippen LogP contribution in [-0.2, 0) is 6.42 Å². The Balaban J connectivity index is 2.20. The summed E-state index contributed by atoms with van der Waals surface area (Å²) in [5.41, 5.74) is 7.11. The molecule has 1 heterocycles. The van der Waals surface area contributed by atoms with Crippen molar-refractivity contribution in [1.82, 2.24) is 0 Å². The molecule has 0 bridgehead atoms. The van der Waals surface area contributed by atoms with E-state index in [9.17, 15) is 0 Å². The number of halogens is 2. The highest BCUT2D eigenvalue weighted by molar-refractivity contribution is 9.10. The molecule has 96 valence electrons. The Morgan fingerprint density at radius 3 is 2.78 bits per heavy atom. The van der Waals surface area contributed by atoms with E-state index in [1.165, 1.54) is 0 Å². The Morgan fingerprint density at radius 1 is 1.39 bits per heavy atom. The lowest BCUT2D eigenvalue weighted by Gasteiger charge is -2.12. The summed E-state index contributed by atoms with van der Waals surface area (Å²) < 4.78 is 11.6. The SMILES string of the molecule is COc1ccc(Br)cc1CC(N)c1ccc(Cl)o1. The maximum absolute atomic E-state index is 6.09. The zero-order valence-electron chi connectivity index (χ0n) is 9.82. The van der Waals surface area contributed by atoms with Crippen LogP contribution in [-0.4, -0.2) is 7.11 Å². The minimum Gasteiger partial charge on any atom is -0.496 e. The second-order valence-electron chi connectivity index (χ2n) is 3.91. The third kappa shape index (κ3) is 3.07. The van der Waals surface area contributed by atoms with E-state index in [0.717, 1.165) is 15.8 Å². The Kier molecular flexibility index (Phi) is 4.32. The molecule has 0 aliphatic rings. The summed E-state index contributed by atoms with van der Waals surface area (Å²) in [6, 6.07) is 9.05. The fourth-order valence-corrected chi connectivity index (χ4v) is 2.33. The van der Waals surface area contributed by atoms with Gasteiger partial charge in [-0.15, -0.1) is 0 Å². The predicted octanol–water partition coefficient (Wildman–Crippen LogP) is 3.95. The normalized spacial score (nSPS) is 12.4. The predicted molar refractivity (Wildman–Crippen MR) is 75.0 cm³/mol. The van der Waals surface area contributed by atoms with Crippen LogP contribution in [0.2, 0.25) is 5.22 Å². The summed E-state index contributed by atoms with van der Waals surface area (Å²) in [5, 5.41) is 0.349. The molecule has 1 aromatic carbocycles. The molecule has 0 aliphatic heterocycles. The molecule has 0 aliphatic carbocycles. The number of furan rings is 1. The van der Waals surface area contributed by atoms with Crippen LogP contribution in [0.15, 0.2) is 39.2 Å². The van der Waals surface area contributed by atoms with Crippen molar-refractivity contribution in [3.05, 3.63) is 51.3 Å². The van der Waals surface area contributed by atoms with E-state index in [0.29, 0.717) is 17.4 Å². The average molecular weight is 331 g/mol. The second kappa shape index (κ2) is 5.78. The molecule has 1 unspecified atom stereocenters. The average Bonchev–Trinajstić information content (AvgIpc) is 2.76. The lowest BCUT2D eigenvalue weighted by Crippen LogP contribution is -2.13. The van der Waals surface area contributed by atoms with Gasteiger partial charge in [-0.3, -0.25) is 0 Å². The van der Waals surface area contributed by atoms with Gasteiger partial charge < -0.3 is 14.9 Å². The van der Waals surface area contributed by atoms with Crippen molar-refractivity contribution in [3.8, 4) is 5.75 Å². The highest BCUT2D eigenvalue weighted by Crippen LogP contribution is 2.28. The molecule has 1 atom stereocenters. The minimum atomic E-state index is -0.249. The van der Waals surface area contributed by atoms with Gasteiger partial charge in [-0.2, -0.15) is 0 Å². The third-order valence-corrected chi connectivity index (χ3v) is 3.34. The highest BCUT2D eigenvalue weighted by Gasteiger charge is 2.14. The first kappa shape index (κ1) is 13.5. The molecule has 2 aromatic rings. The van der Waals surface area contributed by atoms with E-state index in [4.69, 9.17) is 26.5 Å². The molecule has 1 aromatic heterocycles. The molecule has 0 fully saturated rings. The molecule has 0 saturated carbocycles. The summed E-state index contributed by atoms with van der Waals surface area (Å²) in [7, 11) is 1.64. The lowest BCUT2D eigenvalue weighted by molar-refractivity contribution is 0.404. The van der Waals surface area contributed by atoms with Crippen LogP contribution in [0.3, 0.4) is 0 Å². The van der Waals surface area contributed by atoms with Gasteiger partial charge in [-0.1, -0.05) is 15.9 Å². The van der Waals surface area contributed by atoms with Crippen LogP contribution >= 0.6 is 27.5 Å². The Hall–Kier alpha value is -0.970. The quantitative estimate of drug-likeness (QED) is 0.923. The summed E-state index contributed by atoms with van der Waals surface area (Å²) in [4.78, 5) is 0. The molecule has 3 nitrogen and oxygen atoms in total. The van der Waals surface area contributed by atoms with Crippen LogP contribution in [0.5, 0.6) is 5.75 Å². The number of benzene rings is 1. The molecule has 0 amide bonds. The Labute approximate surface area is 119 Å². The molecular formula is C13H13BrClNO2. The van der Waals surface area contributed by atoms with Crippen molar-refractivity contribution < 1.29 is 9.15 Å². The first-order valence-corrected chi connectivity index (χ1v) is 6.60. The van der Waals surface area contributed by atoms with Crippen LogP contribution in [0, 0.1) is 0 Å². The second-order valence-corrected chi connectivity index (χ2v) is 5.20. The fraction of sp³-hybridized carbons (Fsp3) is 0.231. The largest absolute Gasteiger partial charge is 0.496 e. The topological polar surface area (TPSA) is 48.4 Å². The van der Waals surface area contributed by atoms with E-state index < -0.39 is 0 Å². The molecule has 2 rings (SSSR count). The smallest absolute Gasteiger partial charge is 0.193 e. The van der Waals surface area contributed by atoms with E-state index >= 15 is 0 Å². The van der Waals surface area contributed by atoms with Gasteiger partial charge in [0.15, 0.2) is 5.22 Å². The van der Waals surface area contributed by atoms with Gasteiger partial charge in [-0.25, -0.2) is 0 Å². The van der Waals surface area contributed by atoms with Gasteiger partial charge in [0.05, 0.1) is 13.2 Å². The van der Waals surface area contributed by atoms with E-state index in [-0.39, 0.29) is 6.04 Å². The Bertz CT molecular complexity index is 542. The van der Waals surface area contributed by atoms with Crippen molar-refractivity contribution in [3.63, 3.8) is 0 Å². The molecule has 0 radical (unpaired) electrons. The van der Waals surface area contributed by atoms with E-state index in [2.05, 4.69) is 15.9 Å². The number of ether oxygens (including phenoxy) is 1. The summed E-state index contributed by atoms with van der Waals surface area (Å²) >= 11 is 9.17.